The van der Waals surface area contributed by atoms with E-state index in [1.165, 1.54) is 17.6 Å². The zero-order valence-electron chi connectivity index (χ0n) is 19.2. The minimum absolute atomic E-state index is 0.0404. The SMILES string of the molecule is COc1ncc(C2C=Nc3[nH]cc(C(=O)c4c(F)ccc(NS(=O)(=O)N5CCCC5)c4F)c3C2)cn1. The molecule has 2 aromatic heterocycles. The van der Waals surface area contributed by atoms with Crippen LogP contribution in [0.2, 0.25) is 0 Å². The van der Waals surface area contributed by atoms with Crippen LogP contribution in [0.4, 0.5) is 20.3 Å². The maximum Gasteiger partial charge on any atom is 0.316 e. The normalized spacial score (nSPS) is 17.7. The molecule has 1 fully saturated rings. The van der Waals surface area contributed by atoms with E-state index in [9.17, 15) is 17.6 Å². The fourth-order valence-corrected chi connectivity index (χ4v) is 5.64. The van der Waals surface area contributed by atoms with Crippen LogP contribution in [-0.4, -0.2) is 59.9 Å². The summed E-state index contributed by atoms with van der Waals surface area (Å²) < 4.78 is 63.6. The quantitative estimate of drug-likeness (QED) is 0.464. The Balaban J connectivity index is 1.45. The van der Waals surface area contributed by atoms with Crippen molar-refractivity contribution in [1.29, 1.82) is 0 Å². The molecule has 0 saturated carbocycles. The van der Waals surface area contributed by atoms with E-state index in [1.54, 1.807) is 18.6 Å². The summed E-state index contributed by atoms with van der Waals surface area (Å²) in [5.41, 5.74) is -0.107. The molecule has 36 heavy (non-hydrogen) atoms. The molecule has 188 valence electrons. The van der Waals surface area contributed by atoms with E-state index < -0.39 is 38.9 Å². The third-order valence-corrected chi connectivity index (χ3v) is 7.76. The van der Waals surface area contributed by atoms with Gasteiger partial charge in [-0.25, -0.2) is 23.7 Å². The highest BCUT2D eigenvalue weighted by atomic mass is 32.2. The van der Waals surface area contributed by atoms with Crippen LogP contribution in [0.5, 0.6) is 6.01 Å². The molecule has 3 aromatic rings. The summed E-state index contributed by atoms with van der Waals surface area (Å²) in [5, 5.41) is 0. The molecule has 0 radical (unpaired) electrons. The number of ether oxygens (including phenoxy) is 1. The van der Waals surface area contributed by atoms with Crippen molar-refractivity contribution in [1.82, 2.24) is 19.3 Å². The molecule has 1 atom stereocenters. The number of methoxy groups -OCH3 is 1. The van der Waals surface area contributed by atoms with Gasteiger partial charge in [-0.05, 0) is 37.0 Å². The van der Waals surface area contributed by atoms with Gasteiger partial charge in [0.15, 0.2) is 5.82 Å². The van der Waals surface area contributed by atoms with Gasteiger partial charge in [-0.1, -0.05) is 0 Å². The number of hydrogen-bond acceptors (Lipinski definition) is 7. The smallest absolute Gasteiger partial charge is 0.316 e. The number of anilines is 1. The Bertz CT molecular complexity index is 1450. The molecule has 10 nitrogen and oxygen atoms in total. The second-order valence-corrected chi connectivity index (χ2v) is 10.1. The van der Waals surface area contributed by atoms with E-state index in [1.807, 2.05) is 0 Å². The van der Waals surface area contributed by atoms with E-state index in [0.29, 0.717) is 43.7 Å². The Labute approximate surface area is 205 Å². The highest BCUT2D eigenvalue weighted by Crippen LogP contribution is 2.35. The van der Waals surface area contributed by atoms with Crippen molar-refractivity contribution >= 4 is 33.7 Å². The van der Waals surface area contributed by atoms with Crippen molar-refractivity contribution in [2.45, 2.75) is 25.2 Å². The molecule has 1 saturated heterocycles. The first-order valence-electron chi connectivity index (χ1n) is 11.2. The van der Waals surface area contributed by atoms with E-state index in [0.717, 1.165) is 17.7 Å². The van der Waals surface area contributed by atoms with E-state index in [2.05, 4.69) is 24.7 Å². The molecule has 0 amide bonds. The molecule has 13 heteroatoms. The number of aliphatic imine (C=N–C) groups is 1. The highest BCUT2D eigenvalue weighted by Gasteiger charge is 2.31. The van der Waals surface area contributed by atoms with E-state index >= 15 is 4.39 Å². The van der Waals surface area contributed by atoms with Crippen LogP contribution in [0, 0.1) is 11.6 Å². The number of benzene rings is 1. The Hall–Kier alpha value is -3.71. The predicted molar refractivity (Wildman–Crippen MR) is 127 cm³/mol. The zero-order valence-corrected chi connectivity index (χ0v) is 20.0. The molecule has 4 heterocycles. The highest BCUT2D eigenvalue weighted by molar-refractivity contribution is 7.90. The van der Waals surface area contributed by atoms with Crippen molar-refractivity contribution in [3.05, 3.63) is 64.6 Å². The number of hydrogen-bond donors (Lipinski definition) is 2. The molecule has 0 spiro atoms. The number of carbonyl (C=O) groups excluding carboxylic acids is 1. The number of nitrogens with one attached hydrogen (secondary N) is 2. The molecule has 0 bridgehead atoms. The van der Waals surface area contributed by atoms with Crippen molar-refractivity contribution in [2.75, 3.05) is 24.9 Å². The maximum absolute atomic E-state index is 15.4. The summed E-state index contributed by atoms with van der Waals surface area (Å²) in [6.45, 7) is 0.612. The predicted octanol–water partition coefficient (Wildman–Crippen LogP) is 3.12. The number of fused-ring (bicyclic) bond motifs is 1. The third-order valence-electron chi connectivity index (χ3n) is 6.24. The molecular formula is C23H22F2N6O4S. The van der Waals surface area contributed by atoms with Crippen molar-refractivity contribution < 1.29 is 26.7 Å². The molecule has 1 unspecified atom stereocenters. The van der Waals surface area contributed by atoms with Gasteiger partial charge in [0.05, 0.1) is 18.4 Å². The van der Waals surface area contributed by atoms with Crippen LogP contribution in [0.15, 0.2) is 35.7 Å². The van der Waals surface area contributed by atoms with Crippen LogP contribution in [0.25, 0.3) is 0 Å². The first kappa shape index (κ1) is 24.0. The summed E-state index contributed by atoms with van der Waals surface area (Å²) >= 11 is 0. The molecule has 2 N–H and O–H groups in total. The van der Waals surface area contributed by atoms with Crippen molar-refractivity contribution in [3.8, 4) is 6.01 Å². The molecule has 5 rings (SSSR count). The molecule has 2 aliphatic heterocycles. The molecular weight excluding hydrogens is 494 g/mol. The number of aromatic amines is 1. The summed E-state index contributed by atoms with van der Waals surface area (Å²) in [7, 11) is -2.59. The van der Waals surface area contributed by atoms with Gasteiger partial charge in [-0.3, -0.25) is 9.52 Å². The van der Waals surface area contributed by atoms with Crippen LogP contribution in [0.1, 0.15) is 45.8 Å². The summed E-state index contributed by atoms with van der Waals surface area (Å²) in [6.07, 6.45) is 7.88. The second kappa shape index (κ2) is 9.39. The van der Waals surface area contributed by atoms with Gasteiger partial charge in [0, 0.05) is 54.9 Å². The number of aromatic nitrogens is 3. The van der Waals surface area contributed by atoms with Crippen molar-refractivity contribution in [3.63, 3.8) is 0 Å². The lowest BCUT2D eigenvalue weighted by molar-refractivity contribution is 0.103. The fourth-order valence-electron chi connectivity index (χ4n) is 4.34. The Kier molecular flexibility index (Phi) is 6.26. The number of halogens is 2. The van der Waals surface area contributed by atoms with Crippen LogP contribution < -0.4 is 9.46 Å². The summed E-state index contributed by atoms with van der Waals surface area (Å²) in [5.74, 6) is -3.19. The largest absolute Gasteiger partial charge is 0.467 e. The van der Waals surface area contributed by atoms with Crippen LogP contribution in [0.3, 0.4) is 0 Å². The number of H-pyrrole nitrogens is 1. The first-order valence-corrected chi connectivity index (χ1v) is 12.6. The Morgan fingerprint density at radius 1 is 1.19 bits per heavy atom. The van der Waals surface area contributed by atoms with Gasteiger partial charge in [0.25, 0.3) is 0 Å². The van der Waals surface area contributed by atoms with Gasteiger partial charge in [0.2, 0.25) is 5.78 Å². The summed E-state index contributed by atoms with van der Waals surface area (Å²) in [6, 6.07) is 2.04. The lowest BCUT2D eigenvalue weighted by atomic mass is 9.90. The monoisotopic (exact) mass is 516 g/mol. The van der Waals surface area contributed by atoms with Gasteiger partial charge < -0.3 is 9.72 Å². The molecule has 0 aliphatic carbocycles. The van der Waals surface area contributed by atoms with Crippen LogP contribution in [-0.2, 0) is 16.6 Å². The number of ketones is 1. The van der Waals surface area contributed by atoms with Gasteiger partial charge in [-0.15, -0.1) is 0 Å². The average Bonchev–Trinajstić information content (AvgIpc) is 3.56. The minimum atomic E-state index is -4.04. The minimum Gasteiger partial charge on any atom is -0.467 e. The summed E-state index contributed by atoms with van der Waals surface area (Å²) in [4.78, 5) is 28.7. The Morgan fingerprint density at radius 3 is 2.61 bits per heavy atom. The first-order chi connectivity index (χ1) is 17.3. The molecule has 2 aliphatic rings. The number of nitrogens with zero attached hydrogens (tertiary/aromatic N) is 4. The van der Waals surface area contributed by atoms with E-state index in [4.69, 9.17) is 4.74 Å². The second-order valence-electron chi connectivity index (χ2n) is 8.45. The van der Waals surface area contributed by atoms with Gasteiger partial charge in [0.1, 0.15) is 11.6 Å². The van der Waals surface area contributed by atoms with E-state index in [-0.39, 0.29) is 17.5 Å². The average molecular weight is 517 g/mol. The third kappa shape index (κ3) is 4.35. The zero-order chi connectivity index (χ0) is 25.4. The Morgan fingerprint density at radius 2 is 1.92 bits per heavy atom. The van der Waals surface area contributed by atoms with Crippen molar-refractivity contribution in [2.24, 2.45) is 4.99 Å². The topological polar surface area (TPSA) is 130 Å². The maximum atomic E-state index is 15.4. The fraction of sp³-hybridized carbons (Fsp3) is 0.304. The lowest BCUT2D eigenvalue weighted by Crippen LogP contribution is -2.33. The van der Waals surface area contributed by atoms with Gasteiger partial charge in [-0.2, -0.15) is 12.7 Å². The lowest BCUT2D eigenvalue weighted by Gasteiger charge is -2.19. The number of carbonyl (C=O) groups is 1. The van der Waals surface area contributed by atoms with Gasteiger partial charge >= 0.3 is 16.2 Å². The number of rotatable bonds is 7. The standard InChI is InChI=1S/C23H22F2N6O4S/c1-35-23-28-10-14(11-29-23)13-8-15-16(12-27-22(15)26-9-13)21(32)19-17(24)4-5-18(20(19)25)30-36(33,34)31-6-2-3-7-31/h4-5,9-13,27,30H,2-3,6-8H2,1H3. The van der Waals surface area contributed by atoms with Crippen LogP contribution >= 0.6 is 0 Å². The molecule has 1 aromatic carbocycles.